The normalized spacial score (nSPS) is 22.3. The Kier molecular flexibility index (Phi) is 5.56. The maximum absolute atomic E-state index is 13.3. The van der Waals surface area contributed by atoms with Gasteiger partial charge < -0.3 is 15.5 Å². The van der Waals surface area contributed by atoms with Crippen LogP contribution < -0.4 is 15.5 Å². The van der Waals surface area contributed by atoms with Crippen molar-refractivity contribution in [1.82, 2.24) is 4.90 Å². The molecule has 0 aromatic heterocycles. The molecular formula is C26H30N4O3. The predicted octanol–water partition coefficient (Wildman–Crippen LogP) is 4.23. The number of hydrogen-bond donors (Lipinski definition) is 2. The molecule has 2 aromatic carbocycles. The van der Waals surface area contributed by atoms with Crippen LogP contribution in [0.15, 0.2) is 48.5 Å². The van der Waals surface area contributed by atoms with Crippen molar-refractivity contribution >= 4 is 34.8 Å². The minimum absolute atomic E-state index is 0.0245. The molecule has 2 heterocycles. The zero-order chi connectivity index (χ0) is 23.0. The van der Waals surface area contributed by atoms with Gasteiger partial charge in [-0.15, -0.1) is 0 Å². The van der Waals surface area contributed by atoms with E-state index in [9.17, 15) is 14.4 Å². The summed E-state index contributed by atoms with van der Waals surface area (Å²) < 4.78 is 0. The monoisotopic (exact) mass is 446 g/mol. The van der Waals surface area contributed by atoms with E-state index in [1.165, 1.54) is 30.6 Å². The number of benzene rings is 2. The average Bonchev–Trinajstić information content (AvgIpc) is 3.44. The number of anilines is 3. The fourth-order valence-electron chi connectivity index (χ4n) is 5.43. The number of fused-ring (bicyclic) bond motifs is 3. The van der Waals surface area contributed by atoms with Gasteiger partial charge in [-0.2, -0.15) is 0 Å². The Morgan fingerprint density at radius 1 is 1.03 bits per heavy atom. The Morgan fingerprint density at radius 3 is 2.48 bits per heavy atom. The summed E-state index contributed by atoms with van der Waals surface area (Å²) in [6, 6.07) is 14.8. The molecule has 7 heteroatoms. The van der Waals surface area contributed by atoms with Crippen molar-refractivity contribution in [2.75, 3.05) is 28.6 Å². The molecule has 7 nitrogen and oxygen atoms in total. The van der Waals surface area contributed by atoms with E-state index in [0.29, 0.717) is 29.8 Å². The van der Waals surface area contributed by atoms with Crippen molar-refractivity contribution in [2.45, 2.75) is 51.1 Å². The number of rotatable bonds is 6. The molecule has 1 aliphatic carbocycles. The van der Waals surface area contributed by atoms with Gasteiger partial charge in [0, 0.05) is 24.3 Å². The maximum atomic E-state index is 13.3. The zero-order valence-corrected chi connectivity index (χ0v) is 19.0. The lowest BCUT2D eigenvalue weighted by molar-refractivity contribution is -0.120. The van der Waals surface area contributed by atoms with Crippen molar-refractivity contribution in [1.29, 1.82) is 0 Å². The van der Waals surface area contributed by atoms with Gasteiger partial charge >= 0.3 is 0 Å². The highest BCUT2D eigenvalue weighted by atomic mass is 16.2. The summed E-state index contributed by atoms with van der Waals surface area (Å²) >= 11 is 0. The van der Waals surface area contributed by atoms with Gasteiger partial charge in [0.2, 0.25) is 11.8 Å². The molecule has 2 fully saturated rings. The maximum Gasteiger partial charge on any atom is 0.258 e. The molecule has 5 rings (SSSR count). The number of para-hydroxylation sites is 1. The lowest BCUT2D eigenvalue weighted by Crippen LogP contribution is -2.63. The van der Waals surface area contributed by atoms with Crippen LogP contribution in [0.1, 0.15) is 55.8 Å². The SMILES string of the molecule is CC12CCC(=O)N1c1ccccc1C(=O)N2CC(=O)Nc1ccc(NCC2CCCC2)cc1. The Morgan fingerprint density at radius 2 is 1.73 bits per heavy atom. The van der Waals surface area contributed by atoms with E-state index in [1.54, 1.807) is 23.1 Å². The fraction of sp³-hybridized carbons (Fsp3) is 0.423. The van der Waals surface area contributed by atoms with Crippen molar-refractivity contribution < 1.29 is 14.4 Å². The molecular weight excluding hydrogens is 416 g/mol. The summed E-state index contributed by atoms with van der Waals surface area (Å²) in [7, 11) is 0. The molecule has 3 amide bonds. The van der Waals surface area contributed by atoms with Crippen molar-refractivity contribution in [3.63, 3.8) is 0 Å². The lowest BCUT2D eigenvalue weighted by Gasteiger charge is -2.48. The largest absolute Gasteiger partial charge is 0.385 e. The number of carbonyl (C=O) groups is 3. The van der Waals surface area contributed by atoms with Crippen molar-refractivity contribution in [3.8, 4) is 0 Å². The van der Waals surface area contributed by atoms with Crippen LogP contribution in [0.25, 0.3) is 0 Å². The summed E-state index contributed by atoms with van der Waals surface area (Å²) in [5.74, 6) is 0.221. The van der Waals surface area contributed by atoms with Crippen LogP contribution in [0.4, 0.5) is 17.1 Å². The second-order valence-electron chi connectivity index (χ2n) is 9.51. The van der Waals surface area contributed by atoms with E-state index in [2.05, 4.69) is 10.6 Å². The number of hydrogen-bond acceptors (Lipinski definition) is 4. The molecule has 0 radical (unpaired) electrons. The molecule has 172 valence electrons. The molecule has 0 spiro atoms. The highest BCUT2D eigenvalue weighted by Gasteiger charge is 2.53. The third-order valence-corrected chi connectivity index (χ3v) is 7.29. The topological polar surface area (TPSA) is 81.8 Å². The van der Waals surface area contributed by atoms with Gasteiger partial charge in [-0.25, -0.2) is 0 Å². The van der Waals surface area contributed by atoms with Crippen LogP contribution in [0.3, 0.4) is 0 Å². The van der Waals surface area contributed by atoms with E-state index in [1.807, 2.05) is 37.3 Å². The van der Waals surface area contributed by atoms with E-state index >= 15 is 0 Å². The predicted molar refractivity (Wildman–Crippen MR) is 128 cm³/mol. The molecule has 1 saturated heterocycles. The van der Waals surface area contributed by atoms with Crippen molar-refractivity contribution in [2.24, 2.45) is 5.92 Å². The minimum atomic E-state index is -0.839. The number of amides is 3. The summed E-state index contributed by atoms with van der Waals surface area (Å²) in [5.41, 5.74) is 1.96. The van der Waals surface area contributed by atoms with Crippen LogP contribution in [-0.2, 0) is 9.59 Å². The first kappa shape index (κ1) is 21.5. The molecule has 33 heavy (non-hydrogen) atoms. The van der Waals surface area contributed by atoms with E-state index < -0.39 is 5.66 Å². The smallest absolute Gasteiger partial charge is 0.258 e. The second-order valence-corrected chi connectivity index (χ2v) is 9.51. The quantitative estimate of drug-likeness (QED) is 0.696. The molecule has 1 atom stereocenters. The molecule has 1 unspecified atom stereocenters. The summed E-state index contributed by atoms with van der Waals surface area (Å²) in [6.45, 7) is 2.73. The van der Waals surface area contributed by atoms with Gasteiger partial charge in [0.15, 0.2) is 0 Å². The molecule has 2 aliphatic heterocycles. The molecule has 0 bridgehead atoms. The van der Waals surface area contributed by atoms with Crippen LogP contribution in [0, 0.1) is 5.92 Å². The highest BCUT2D eigenvalue weighted by molar-refractivity contribution is 6.11. The van der Waals surface area contributed by atoms with Crippen LogP contribution >= 0.6 is 0 Å². The van der Waals surface area contributed by atoms with Gasteiger partial charge in [0.1, 0.15) is 12.2 Å². The standard InChI is InChI=1S/C26H30N4O3/c1-26-15-14-24(32)30(26)22-9-5-4-8-21(22)25(33)29(26)17-23(31)28-20-12-10-19(11-13-20)27-16-18-6-2-3-7-18/h4-5,8-13,18,27H,2-3,6-7,14-17H2,1H3,(H,28,31). The van der Waals surface area contributed by atoms with Gasteiger partial charge in [0.25, 0.3) is 5.91 Å². The van der Waals surface area contributed by atoms with Crippen LogP contribution in [0.2, 0.25) is 0 Å². The number of carbonyl (C=O) groups excluding carboxylic acids is 3. The average molecular weight is 447 g/mol. The van der Waals surface area contributed by atoms with Crippen molar-refractivity contribution in [3.05, 3.63) is 54.1 Å². The first-order valence-corrected chi connectivity index (χ1v) is 11.8. The first-order chi connectivity index (χ1) is 16.0. The third kappa shape index (κ3) is 3.96. The van der Waals surface area contributed by atoms with Crippen LogP contribution in [0.5, 0.6) is 0 Å². The molecule has 2 N–H and O–H groups in total. The van der Waals surface area contributed by atoms with Gasteiger partial charge in [0.05, 0.1) is 11.3 Å². The Balaban J connectivity index is 1.26. The molecule has 2 aromatic rings. The van der Waals surface area contributed by atoms with Gasteiger partial charge in [-0.05, 0) is 68.5 Å². The number of nitrogens with one attached hydrogen (secondary N) is 2. The summed E-state index contributed by atoms with van der Waals surface area (Å²) in [5, 5.41) is 6.38. The first-order valence-electron chi connectivity index (χ1n) is 11.8. The van der Waals surface area contributed by atoms with Crippen LogP contribution in [-0.4, -0.2) is 41.4 Å². The number of nitrogens with zero attached hydrogens (tertiary/aromatic N) is 2. The van der Waals surface area contributed by atoms with E-state index in [4.69, 9.17) is 0 Å². The third-order valence-electron chi connectivity index (χ3n) is 7.29. The summed E-state index contributed by atoms with van der Waals surface area (Å²) in [4.78, 5) is 42.1. The Hall–Kier alpha value is -3.35. The summed E-state index contributed by atoms with van der Waals surface area (Å²) in [6.07, 6.45) is 6.10. The van der Waals surface area contributed by atoms with Gasteiger partial charge in [-0.1, -0.05) is 25.0 Å². The lowest BCUT2D eigenvalue weighted by atomic mass is 9.98. The fourth-order valence-corrected chi connectivity index (χ4v) is 5.43. The minimum Gasteiger partial charge on any atom is -0.385 e. The Bertz CT molecular complexity index is 1080. The van der Waals surface area contributed by atoms with Gasteiger partial charge in [-0.3, -0.25) is 19.3 Å². The molecule has 1 saturated carbocycles. The molecule has 3 aliphatic rings. The van der Waals surface area contributed by atoms with E-state index in [-0.39, 0.29) is 24.3 Å². The van der Waals surface area contributed by atoms with E-state index in [0.717, 1.165) is 18.2 Å². The zero-order valence-electron chi connectivity index (χ0n) is 19.0. The highest BCUT2D eigenvalue weighted by Crippen LogP contribution is 2.43. The Labute approximate surface area is 194 Å². The second kappa shape index (κ2) is 8.54.